The lowest BCUT2D eigenvalue weighted by Gasteiger charge is -2.25. The fourth-order valence-electron chi connectivity index (χ4n) is 2.49. The van der Waals surface area contributed by atoms with Crippen molar-refractivity contribution in [3.05, 3.63) is 23.2 Å². The van der Waals surface area contributed by atoms with Crippen LogP contribution >= 0.6 is 11.6 Å². The van der Waals surface area contributed by atoms with Crippen LogP contribution in [-0.4, -0.2) is 26.2 Å². The van der Waals surface area contributed by atoms with E-state index in [2.05, 4.69) is 4.72 Å². The van der Waals surface area contributed by atoms with E-state index in [0.29, 0.717) is 18.0 Å². The first-order valence-corrected chi connectivity index (χ1v) is 8.47. The molecule has 1 aliphatic carbocycles. The molecule has 5 nitrogen and oxygen atoms in total. The quantitative estimate of drug-likeness (QED) is 0.737. The maximum Gasteiger partial charge on any atom is 0.242 e. The van der Waals surface area contributed by atoms with Gasteiger partial charge in [-0.1, -0.05) is 18.0 Å². The Hall–Kier alpha value is -0.820. The number of anilines is 1. The van der Waals surface area contributed by atoms with Gasteiger partial charge >= 0.3 is 0 Å². The molecule has 0 saturated heterocycles. The predicted molar refractivity (Wildman–Crippen MR) is 79.0 cm³/mol. The van der Waals surface area contributed by atoms with Crippen LogP contribution < -0.4 is 10.5 Å². The summed E-state index contributed by atoms with van der Waals surface area (Å²) in [4.78, 5) is 0.00126. The van der Waals surface area contributed by atoms with E-state index in [1.54, 1.807) is 6.07 Å². The second-order valence-corrected chi connectivity index (χ2v) is 7.39. The molecule has 0 heterocycles. The molecular formula is C13H19ClN2O3S. The maximum atomic E-state index is 12.2. The fraction of sp³-hybridized carbons (Fsp3) is 0.538. The van der Waals surface area contributed by atoms with Crippen LogP contribution in [0.15, 0.2) is 23.1 Å². The summed E-state index contributed by atoms with van der Waals surface area (Å²) in [6.07, 6.45) is 2.95. The number of benzene rings is 1. The number of halogens is 1. The number of aliphatic hydroxyl groups is 1. The topological polar surface area (TPSA) is 92.4 Å². The van der Waals surface area contributed by atoms with Gasteiger partial charge in [-0.05, 0) is 43.4 Å². The van der Waals surface area contributed by atoms with Crippen LogP contribution in [-0.2, 0) is 10.0 Å². The van der Waals surface area contributed by atoms with Gasteiger partial charge in [0.05, 0.1) is 11.8 Å². The Morgan fingerprint density at radius 2 is 2.15 bits per heavy atom. The first-order valence-electron chi connectivity index (χ1n) is 6.61. The lowest BCUT2D eigenvalue weighted by molar-refractivity contribution is 0.102. The third kappa shape index (κ3) is 3.85. The average Bonchev–Trinajstić information content (AvgIpc) is 2.39. The second kappa shape index (κ2) is 6.30. The van der Waals surface area contributed by atoms with E-state index in [1.165, 1.54) is 12.1 Å². The lowest BCUT2D eigenvalue weighted by Crippen LogP contribution is -2.33. The molecule has 0 radical (unpaired) electrons. The second-order valence-electron chi connectivity index (χ2n) is 5.22. The van der Waals surface area contributed by atoms with E-state index in [9.17, 15) is 13.5 Å². The van der Waals surface area contributed by atoms with Crippen molar-refractivity contribution >= 4 is 27.3 Å². The highest BCUT2D eigenvalue weighted by atomic mass is 35.5. The molecule has 2 unspecified atom stereocenters. The molecule has 0 aliphatic heterocycles. The van der Waals surface area contributed by atoms with Gasteiger partial charge in [-0.25, -0.2) is 13.1 Å². The summed E-state index contributed by atoms with van der Waals surface area (Å²) in [6, 6.07) is 4.36. The minimum Gasteiger partial charge on any atom is -0.398 e. The van der Waals surface area contributed by atoms with Gasteiger partial charge in [0.25, 0.3) is 0 Å². The Bertz CT molecular complexity index is 577. The van der Waals surface area contributed by atoms with Crippen LogP contribution in [0.5, 0.6) is 0 Å². The smallest absolute Gasteiger partial charge is 0.242 e. The van der Waals surface area contributed by atoms with Crippen molar-refractivity contribution in [1.29, 1.82) is 0 Å². The third-order valence-corrected chi connectivity index (χ3v) is 5.30. The molecule has 112 valence electrons. The summed E-state index contributed by atoms with van der Waals surface area (Å²) in [6.45, 7) is 0.311. The summed E-state index contributed by atoms with van der Waals surface area (Å²) in [5.74, 6) is 0.161. The van der Waals surface area contributed by atoms with Crippen molar-refractivity contribution in [3.8, 4) is 0 Å². The highest BCUT2D eigenvalue weighted by Gasteiger charge is 2.23. The zero-order chi connectivity index (χ0) is 14.8. The molecule has 7 heteroatoms. The Morgan fingerprint density at radius 1 is 1.40 bits per heavy atom. The Morgan fingerprint density at radius 3 is 2.85 bits per heavy atom. The fourth-order valence-corrected chi connectivity index (χ4v) is 4.00. The number of nitrogens with one attached hydrogen (secondary N) is 1. The molecule has 2 rings (SSSR count). The number of sulfonamides is 1. The van der Waals surface area contributed by atoms with E-state index in [4.69, 9.17) is 17.3 Å². The number of rotatable bonds is 4. The highest BCUT2D eigenvalue weighted by Crippen LogP contribution is 2.25. The molecule has 0 bridgehead atoms. The van der Waals surface area contributed by atoms with Crippen molar-refractivity contribution in [1.82, 2.24) is 4.72 Å². The predicted octanol–water partition coefficient (Wildman–Crippen LogP) is 1.75. The van der Waals surface area contributed by atoms with Gasteiger partial charge in [-0.3, -0.25) is 0 Å². The van der Waals surface area contributed by atoms with E-state index in [0.717, 1.165) is 19.3 Å². The normalized spacial score (nSPS) is 23.7. The minimum atomic E-state index is -3.67. The van der Waals surface area contributed by atoms with E-state index in [-0.39, 0.29) is 22.6 Å². The summed E-state index contributed by atoms with van der Waals surface area (Å²) >= 11 is 5.81. The number of nitrogen functional groups attached to an aromatic ring is 1. The van der Waals surface area contributed by atoms with Crippen LogP contribution in [0, 0.1) is 5.92 Å². The van der Waals surface area contributed by atoms with Gasteiger partial charge in [0.2, 0.25) is 10.0 Å². The Labute approximate surface area is 124 Å². The summed E-state index contributed by atoms with van der Waals surface area (Å²) in [5, 5.41) is 9.92. The van der Waals surface area contributed by atoms with Crippen LogP contribution in [0.3, 0.4) is 0 Å². The Kier molecular flexibility index (Phi) is 4.90. The molecule has 1 fully saturated rings. The molecule has 1 aliphatic rings. The largest absolute Gasteiger partial charge is 0.398 e. The summed E-state index contributed by atoms with van der Waals surface area (Å²) < 4.78 is 27.0. The number of hydrogen-bond acceptors (Lipinski definition) is 4. The molecular weight excluding hydrogens is 300 g/mol. The van der Waals surface area contributed by atoms with Crippen molar-refractivity contribution < 1.29 is 13.5 Å². The van der Waals surface area contributed by atoms with Gasteiger partial charge in [0, 0.05) is 11.6 Å². The van der Waals surface area contributed by atoms with Crippen LogP contribution in [0.25, 0.3) is 0 Å². The molecule has 2 atom stereocenters. The maximum absolute atomic E-state index is 12.2. The van der Waals surface area contributed by atoms with Crippen molar-refractivity contribution in [2.24, 2.45) is 5.92 Å². The molecule has 0 aromatic heterocycles. The first-order chi connectivity index (χ1) is 9.38. The average molecular weight is 319 g/mol. The molecule has 4 N–H and O–H groups in total. The number of aliphatic hydroxyl groups excluding tert-OH is 1. The molecule has 1 saturated carbocycles. The third-order valence-electron chi connectivity index (χ3n) is 3.58. The minimum absolute atomic E-state index is 0.00126. The van der Waals surface area contributed by atoms with Gasteiger partial charge in [-0.2, -0.15) is 0 Å². The van der Waals surface area contributed by atoms with Crippen molar-refractivity contribution in [2.75, 3.05) is 12.3 Å². The monoisotopic (exact) mass is 318 g/mol. The molecule has 20 heavy (non-hydrogen) atoms. The van der Waals surface area contributed by atoms with Crippen molar-refractivity contribution in [2.45, 2.75) is 36.7 Å². The van der Waals surface area contributed by atoms with Gasteiger partial charge in [0.15, 0.2) is 0 Å². The number of hydrogen-bond donors (Lipinski definition) is 3. The molecule has 0 spiro atoms. The summed E-state index contributed by atoms with van der Waals surface area (Å²) in [7, 11) is -3.67. The van der Waals surface area contributed by atoms with E-state index in [1.807, 2.05) is 0 Å². The zero-order valence-electron chi connectivity index (χ0n) is 11.0. The summed E-state index contributed by atoms with van der Waals surface area (Å²) in [5.41, 5.74) is 5.86. The molecule has 0 amide bonds. The van der Waals surface area contributed by atoms with Gasteiger partial charge in [-0.15, -0.1) is 0 Å². The molecule has 1 aromatic carbocycles. The lowest BCUT2D eigenvalue weighted by atomic mass is 9.87. The van der Waals surface area contributed by atoms with Gasteiger partial charge < -0.3 is 10.8 Å². The molecule has 1 aromatic rings. The van der Waals surface area contributed by atoms with Gasteiger partial charge in [0.1, 0.15) is 4.90 Å². The standard InChI is InChI=1S/C13H19ClN2O3S/c14-10-4-5-12(15)13(7-10)20(18,19)16-8-9-2-1-3-11(17)6-9/h4-5,7,9,11,16-17H,1-3,6,8,15H2. The SMILES string of the molecule is Nc1ccc(Cl)cc1S(=O)(=O)NCC1CCCC(O)C1. The first kappa shape index (κ1) is 15.6. The van der Waals surface area contributed by atoms with Crippen LogP contribution in [0.1, 0.15) is 25.7 Å². The number of nitrogens with two attached hydrogens (primary N) is 1. The van der Waals surface area contributed by atoms with Crippen LogP contribution in [0.4, 0.5) is 5.69 Å². The van der Waals surface area contributed by atoms with E-state index >= 15 is 0 Å². The highest BCUT2D eigenvalue weighted by molar-refractivity contribution is 7.89. The van der Waals surface area contributed by atoms with E-state index < -0.39 is 10.0 Å². The Balaban J connectivity index is 2.05. The van der Waals surface area contributed by atoms with Crippen LogP contribution in [0.2, 0.25) is 5.02 Å². The van der Waals surface area contributed by atoms with Crippen molar-refractivity contribution in [3.63, 3.8) is 0 Å². The zero-order valence-corrected chi connectivity index (χ0v) is 12.6.